The Morgan fingerprint density at radius 3 is 2.94 bits per heavy atom. The molecule has 0 aliphatic carbocycles. The molecule has 0 aliphatic rings. The molecule has 16 heavy (non-hydrogen) atoms. The number of halogens is 1. The summed E-state index contributed by atoms with van der Waals surface area (Å²) in [7, 11) is 2.04. The van der Waals surface area contributed by atoms with Crippen LogP contribution in [0.4, 0.5) is 0 Å². The molecule has 0 spiro atoms. The van der Waals surface area contributed by atoms with E-state index in [4.69, 9.17) is 4.74 Å². The summed E-state index contributed by atoms with van der Waals surface area (Å²) < 4.78 is 6.54. The molecule has 1 rings (SSSR count). The van der Waals surface area contributed by atoms with E-state index >= 15 is 0 Å². The van der Waals surface area contributed by atoms with Crippen molar-refractivity contribution in [2.45, 2.75) is 32.2 Å². The number of ether oxygens (including phenoxy) is 1. The lowest BCUT2D eigenvalue weighted by atomic mass is 10.1. The van der Waals surface area contributed by atoms with Crippen molar-refractivity contribution in [2.75, 3.05) is 20.3 Å². The monoisotopic (exact) mass is 305 g/mol. The van der Waals surface area contributed by atoms with Gasteiger partial charge in [0.15, 0.2) is 0 Å². The van der Waals surface area contributed by atoms with E-state index in [1.807, 2.05) is 25.3 Å². The smallest absolute Gasteiger partial charge is 0.0466 e. The van der Waals surface area contributed by atoms with Gasteiger partial charge in [-0.25, -0.2) is 0 Å². The van der Waals surface area contributed by atoms with Crippen molar-refractivity contribution in [3.8, 4) is 0 Å². The van der Waals surface area contributed by atoms with Gasteiger partial charge in [0.2, 0.25) is 0 Å². The Morgan fingerprint density at radius 1 is 1.56 bits per heavy atom. The van der Waals surface area contributed by atoms with Crippen LogP contribution in [0.2, 0.25) is 0 Å². The van der Waals surface area contributed by atoms with E-state index in [1.54, 1.807) is 0 Å². The maximum Gasteiger partial charge on any atom is 0.0466 e. The molecule has 0 saturated heterocycles. The normalized spacial score (nSPS) is 12.9. The van der Waals surface area contributed by atoms with Crippen LogP contribution in [0.25, 0.3) is 0 Å². The van der Waals surface area contributed by atoms with Crippen LogP contribution >= 0.6 is 27.3 Å². The minimum Gasteiger partial charge on any atom is -0.382 e. The standard InChI is InChI=1S/C12H20BrNOS/c1-3-15-6-4-5-11(14-2)8-12-7-10(13)9-16-12/h7,9,11,14H,3-6,8H2,1-2H3. The van der Waals surface area contributed by atoms with Crippen LogP contribution in [0.15, 0.2) is 15.9 Å². The molecule has 0 bridgehead atoms. The average molecular weight is 306 g/mol. The highest BCUT2D eigenvalue weighted by molar-refractivity contribution is 9.10. The Bertz CT molecular complexity index is 290. The zero-order valence-electron chi connectivity index (χ0n) is 9.96. The van der Waals surface area contributed by atoms with Gasteiger partial charge in [0.05, 0.1) is 0 Å². The van der Waals surface area contributed by atoms with Gasteiger partial charge >= 0.3 is 0 Å². The molecule has 1 atom stereocenters. The first-order chi connectivity index (χ1) is 7.76. The molecule has 1 aromatic rings. The molecule has 1 heterocycles. The van der Waals surface area contributed by atoms with Crippen LogP contribution in [0, 0.1) is 0 Å². The van der Waals surface area contributed by atoms with E-state index in [-0.39, 0.29) is 0 Å². The Kier molecular flexibility index (Phi) is 7.28. The number of rotatable bonds is 8. The van der Waals surface area contributed by atoms with Crippen molar-refractivity contribution < 1.29 is 4.74 Å². The van der Waals surface area contributed by atoms with Crippen molar-refractivity contribution in [1.82, 2.24) is 5.32 Å². The minimum absolute atomic E-state index is 0.561. The van der Waals surface area contributed by atoms with Gasteiger partial charge in [-0.2, -0.15) is 0 Å². The first-order valence-corrected chi connectivity index (χ1v) is 7.41. The maximum atomic E-state index is 5.35. The predicted octanol–water partition coefficient (Wildman–Crippen LogP) is 3.46. The van der Waals surface area contributed by atoms with Crippen molar-refractivity contribution >= 4 is 27.3 Å². The highest BCUT2D eigenvalue weighted by Gasteiger charge is 2.08. The topological polar surface area (TPSA) is 21.3 Å². The van der Waals surface area contributed by atoms with E-state index in [0.717, 1.165) is 26.1 Å². The quantitative estimate of drug-likeness (QED) is 0.743. The second-order valence-corrected chi connectivity index (χ2v) is 5.67. The molecule has 4 heteroatoms. The van der Waals surface area contributed by atoms with Gasteiger partial charge in [0.1, 0.15) is 0 Å². The van der Waals surface area contributed by atoms with Crippen LogP contribution in [0.3, 0.4) is 0 Å². The van der Waals surface area contributed by atoms with E-state index < -0.39 is 0 Å². The minimum atomic E-state index is 0.561. The highest BCUT2D eigenvalue weighted by Crippen LogP contribution is 2.21. The number of nitrogens with one attached hydrogen (secondary N) is 1. The third kappa shape index (κ3) is 5.43. The van der Waals surface area contributed by atoms with Gasteiger partial charge < -0.3 is 10.1 Å². The van der Waals surface area contributed by atoms with Gasteiger partial charge in [0, 0.05) is 34.0 Å². The first-order valence-electron chi connectivity index (χ1n) is 5.74. The second kappa shape index (κ2) is 8.23. The summed E-state index contributed by atoms with van der Waals surface area (Å²) in [6.07, 6.45) is 3.41. The summed E-state index contributed by atoms with van der Waals surface area (Å²) in [4.78, 5) is 1.43. The molecule has 0 aromatic carbocycles. The molecule has 92 valence electrons. The number of hydrogen-bond acceptors (Lipinski definition) is 3. The van der Waals surface area contributed by atoms with Crippen LogP contribution in [0.1, 0.15) is 24.6 Å². The molecule has 1 unspecified atom stereocenters. The summed E-state index contributed by atoms with van der Waals surface area (Å²) in [5, 5.41) is 5.51. The Balaban J connectivity index is 2.26. The second-order valence-electron chi connectivity index (χ2n) is 3.76. The van der Waals surface area contributed by atoms with Gasteiger partial charge in [-0.1, -0.05) is 0 Å². The lowest BCUT2D eigenvalue weighted by Crippen LogP contribution is -2.27. The van der Waals surface area contributed by atoms with E-state index in [1.165, 1.54) is 15.8 Å². The highest BCUT2D eigenvalue weighted by atomic mass is 79.9. The molecule has 0 saturated carbocycles. The fourth-order valence-corrected chi connectivity index (χ4v) is 3.16. The largest absolute Gasteiger partial charge is 0.382 e. The third-order valence-electron chi connectivity index (χ3n) is 2.52. The summed E-state index contributed by atoms with van der Waals surface area (Å²) >= 11 is 5.31. The van der Waals surface area contributed by atoms with Crippen molar-refractivity contribution in [1.29, 1.82) is 0 Å². The van der Waals surface area contributed by atoms with Gasteiger partial charge in [0.25, 0.3) is 0 Å². The molecule has 0 aliphatic heterocycles. The van der Waals surface area contributed by atoms with Crippen LogP contribution in [-0.2, 0) is 11.2 Å². The summed E-state index contributed by atoms with van der Waals surface area (Å²) in [6.45, 7) is 3.74. The zero-order valence-corrected chi connectivity index (χ0v) is 12.4. The maximum absolute atomic E-state index is 5.35. The number of likely N-dealkylation sites (N-methyl/N-ethyl adjacent to an activating group) is 1. The fourth-order valence-electron chi connectivity index (χ4n) is 1.63. The summed E-state index contributed by atoms with van der Waals surface area (Å²) in [5.41, 5.74) is 0. The molecule has 0 fully saturated rings. The Labute approximate surface area is 111 Å². The molecule has 0 amide bonds. The first kappa shape index (κ1) is 14.2. The van der Waals surface area contributed by atoms with Crippen LogP contribution in [-0.4, -0.2) is 26.3 Å². The summed E-state index contributed by atoms with van der Waals surface area (Å²) in [6, 6.07) is 2.77. The van der Waals surface area contributed by atoms with Crippen LogP contribution in [0.5, 0.6) is 0 Å². The van der Waals surface area contributed by atoms with Crippen molar-refractivity contribution in [3.63, 3.8) is 0 Å². The molecule has 2 nitrogen and oxygen atoms in total. The van der Waals surface area contributed by atoms with E-state index in [9.17, 15) is 0 Å². The third-order valence-corrected chi connectivity index (χ3v) is 4.24. The zero-order chi connectivity index (χ0) is 11.8. The molecule has 1 aromatic heterocycles. The van der Waals surface area contributed by atoms with Crippen molar-refractivity contribution in [2.24, 2.45) is 0 Å². The lowest BCUT2D eigenvalue weighted by Gasteiger charge is -2.14. The molecular weight excluding hydrogens is 286 g/mol. The Hall–Kier alpha value is 0.1000. The van der Waals surface area contributed by atoms with E-state index in [0.29, 0.717) is 6.04 Å². The number of thiophene rings is 1. The van der Waals surface area contributed by atoms with Crippen LogP contribution < -0.4 is 5.32 Å². The Morgan fingerprint density at radius 2 is 2.38 bits per heavy atom. The SMILES string of the molecule is CCOCCCC(Cc1cc(Br)cs1)NC. The summed E-state index contributed by atoms with van der Waals surface area (Å²) in [5.74, 6) is 0. The molecule has 1 N–H and O–H groups in total. The average Bonchev–Trinajstić information content (AvgIpc) is 2.68. The van der Waals surface area contributed by atoms with Crippen molar-refractivity contribution in [3.05, 3.63) is 20.8 Å². The molecular formula is C12H20BrNOS. The number of hydrogen-bond donors (Lipinski definition) is 1. The van der Waals surface area contributed by atoms with Gasteiger partial charge in [-0.3, -0.25) is 0 Å². The fraction of sp³-hybridized carbons (Fsp3) is 0.667. The molecule has 0 radical (unpaired) electrons. The lowest BCUT2D eigenvalue weighted by molar-refractivity contribution is 0.141. The van der Waals surface area contributed by atoms with Gasteiger partial charge in [-0.05, 0) is 55.2 Å². The van der Waals surface area contributed by atoms with E-state index in [2.05, 4.69) is 32.7 Å². The predicted molar refractivity (Wildman–Crippen MR) is 74.3 cm³/mol. The van der Waals surface area contributed by atoms with Gasteiger partial charge in [-0.15, -0.1) is 11.3 Å².